The highest BCUT2D eigenvalue weighted by atomic mass is 14.3. The summed E-state index contributed by atoms with van der Waals surface area (Å²) in [4.78, 5) is 0. The third-order valence-electron chi connectivity index (χ3n) is 12.3. The van der Waals surface area contributed by atoms with Gasteiger partial charge in [-0.2, -0.15) is 0 Å². The van der Waals surface area contributed by atoms with Crippen molar-refractivity contribution in [1.82, 2.24) is 0 Å². The highest BCUT2D eigenvalue weighted by Gasteiger charge is 2.26. The van der Waals surface area contributed by atoms with Crippen LogP contribution in [0.25, 0.3) is 55.6 Å². The van der Waals surface area contributed by atoms with Crippen molar-refractivity contribution in [3.8, 4) is 55.6 Å². The Balaban J connectivity index is 1.17. The maximum absolute atomic E-state index is 2.51. The van der Waals surface area contributed by atoms with Gasteiger partial charge in [-0.15, -0.1) is 0 Å². The van der Waals surface area contributed by atoms with Gasteiger partial charge in [0.2, 0.25) is 0 Å². The fourth-order valence-electron chi connectivity index (χ4n) is 9.85. The lowest BCUT2D eigenvalue weighted by molar-refractivity contribution is 1.18. The summed E-state index contributed by atoms with van der Waals surface area (Å²) in [5.41, 5.74) is 27.6. The molecule has 0 aliphatic heterocycles. The van der Waals surface area contributed by atoms with Gasteiger partial charge in [-0.1, -0.05) is 182 Å². The van der Waals surface area contributed by atoms with Gasteiger partial charge in [0.15, 0.2) is 0 Å². The van der Waals surface area contributed by atoms with Crippen LogP contribution in [0, 0.1) is 0 Å². The molecule has 0 fully saturated rings. The van der Waals surface area contributed by atoms with E-state index in [1.165, 1.54) is 111 Å². The summed E-state index contributed by atoms with van der Waals surface area (Å²) in [6, 6.07) is 68.8. The van der Waals surface area contributed by atoms with E-state index in [0.29, 0.717) is 0 Å². The molecule has 0 nitrogen and oxygen atoms in total. The van der Waals surface area contributed by atoms with E-state index in [9.17, 15) is 0 Å². The minimum absolute atomic E-state index is 0.896. The molecule has 11 aliphatic carbocycles. The Bertz CT molecular complexity index is 2220. The average molecular weight is 701 g/mol. The summed E-state index contributed by atoms with van der Waals surface area (Å²) in [5.74, 6) is 0. The van der Waals surface area contributed by atoms with Crippen LogP contribution < -0.4 is 0 Å². The summed E-state index contributed by atoms with van der Waals surface area (Å²) < 4.78 is 0. The second-order valence-electron chi connectivity index (χ2n) is 15.5. The fourth-order valence-corrected chi connectivity index (χ4v) is 9.85. The zero-order valence-electron chi connectivity index (χ0n) is 30.9. The smallest absolute Gasteiger partial charge is 0.00132 e. The van der Waals surface area contributed by atoms with E-state index < -0.39 is 0 Å². The van der Waals surface area contributed by atoms with Gasteiger partial charge >= 0.3 is 0 Å². The SMILES string of the molecule is c1ccc2c3cc(c-2cc1)Cc1cc(c2cccccc1-2)Cc1cc(c2cccccc1-2)Cc1cc(c2cccccc1-2)Cc1cc(c2cccccc1-2)C3. The van der Waals surface area contributed by atoms with E-state index in [4.69, 9.17) is 0 Å². The molecule has 0 saturated carbocycles. The molecular formula is C55H40. The van der Waals surface area contributed by atoms with Crippen molar-refractivity contribution in [2.45, 2.75) is 32.1 Å². The molecule has 0 aromatic carbocycles. The Morgan fingerprint density at radius 2 is 0.291 bits per heavy atom. The maximum Gasteiger partial charge on any atom is -0.00132 e. The quantitative estimate of drug-likeness (QED) is 0.148. The number of hydrogen-bond donors (Lipinski definition) is 0. The van der Waals surface area contributed by atoms with Gasteiger partial charge in [0.1, 0.15) is 0 Å². The van der Waals surface area contributed by atoms with Crippen molar-refractivity contribution >= 4 is 0 Å². The van der Waals surface area contributed by atoms with Crippen LogP contribution in [0.2, 0.25) is 0 Å². The van der Waals surface area contributed by atoms with Crippen LogP contribution in [-0.4, -0.2) is 0 Å². The Hall–Kier alpha value is -6.50. The van der Waals surface area contributed by atoms with Crippen LogP contribution in [0.4, 0.5) is 0 Å². The minimum Gasteiger partial charge on any atom is -0.0622 e. The summed E-state index contributed by atoms with van der Waals surface area (Å²) in [6.07, 6.45) is 4.48. The van der Waals surface area contributed by atoms with E-state index in [0.717, 1.165) is 32.1 Å². The van der Waals surface area contributed by atoms with Crippen LogP contribution >= 0.6 is 0 Å². The molecule has 11 aliphatic rings. The van der Waals surface area contributed by atoms with Crippen LogP contribution in [0.15, 0.2) is 182 Å². The lowest BCUT2D eigenvalue weighted by Gasteiger charge is -2.05. The molecular weight excluding hydrogens is 661 g/mol. The Labute approximate surface area is 324 Å². The van der Waals surface area contributed by atoms with Gasteiger partial charge in [-0.05, 0) is 143 Å². The molecule has 0 saturated heterocycles. The second-order valence-corrected chi connectivity index (χ2v) is 15.5. The van der Waals surface area contributed by atoms with E-state index in [1.54, 1.807) is 0 Å². The second kappa shape index (κ2) is 13.1. The van der Waals surface area contributed by atoms with Crippen molar-refractivity contribution in [3.63, 3.8) is 0 Å². The van der Waals surface area contributed by atoms with Gasteiger partial charge < -0.3 is 0 Å². The highest BCUT2D eigenvalue weighted by molar-refractivity contribution is 5.84. The van der Waals surface area contributed by atoms with Crippen molar-refractivity contribution in [2.24, 2.45) is 0 Å². The molecule has 0 amide bonds. The zero-order chi connectivity index (χ0) is 36.3. The molecule has 11 rings (SSSR count). The monoisotopic (exact) mass is 700 g/mol. The molecule has 0 spiro atoms. The summed E-state index contributed by atoms with van der Waals surface area (Å²) in [7, 11) is 0. The van der Waals surface area contributed by atoms with Gasteiger partial charge in [-0.25, -0.2) is 0 Å². The lowest BCUT2D eigenvalue weighted by atomic mass is 9.99. The molecule has 0 aromatic heterocycles. The van der Waals surface area contributed by atoms with E-state index >= 15 is 0 Å². The highest BCUT2D eigenvalue weighted by Crippen LogP contribution is 2.45. The molecule has 0 atom stereocenters. The molecule has 0 heteroatoms. The lowest BCUT2D eigenvalue weighted by Crippen LogP contribution is -1.87. The first-order valence-corrected chi connectivity index (χ1v) is 19.7. The molecule has 260 valence electrons. The number of fused-ring (bicyclic) bond motifs is 25. The normalized spacial score (nSPS) is 13.1. The van der Waals surface area contributed by atoms with Crippen molar-refractivity contribution in [1.29, 1.82) is 0 Å². The van der Waals surface area contributed by atoms with Crippen molar-refractivity contribution < 1.29 is 0 Å². The van der Waals surface area contributed by atoms with Gasteiger partial charge in [0, 0.05) is 0 Å². The molecule has 0 radical (unpaired) electrons. The average Bonchev–Trinajstić information content (AvgIpc) is 3.61. The standard InChI is InChI=1S/C55H40/c1-6-16-46-36-26-37(47(46)17-7-1)32-39-28-41(51-21-11-3-9-19-49(39)51)34-43-30-45(55-25-15-5-13-23-53(43)55)35-44-29-42(52-22-12-4-14-24-54(44)52)33-40-27-38(31-36)48-18-8-2-10-20-50(40)48/h1-30H,31-35H2. The first-order chi connectivity index (χ1) is 27.2. The van der Waals surface area contributed by atoms with E-state index in [-0.39, 0.29) is 0 Å². The third kappa shape index (κ3) is 5.52. The van der Waals surface area contributed by atoms with E-state index in [2.05, 4.69) is 182 Å². The third-order valence-corrected chi connectivity index (χ3v) is 12.3. The predicted molar refractivity (Wildman–Crippen MR) is 229 cm³/mol. The van der Waals surface area contributed by atoms with Gasteiger partial charge in [-0.3, -0.25) is 0 Å². The van der Waals surface area contributed by atoms with Gasteiger partial charge in [0.25, 0.3) is 0 Å². The summed E-state index contributed by atoms with van der Waals surface area (Å²) in [6.45, 7) is 0. The summed E-state index contributed by atoms with van der Waals surface area (Å²) in [5, 5.41) is 0. The Kier molecular flexibility index (Phi) is 7.62. The van der Waals surface area contributed by atoms with Crippen molar-refractivity contribution in [3.05, 3.63) is 238 Å². The predicted octanol–water partition coefficient (Wildman–Crippen LogP) is 13.5. The molecule has 10 bridgehead atoms. The van der Waals surface area contributed by atoms with Crippen LogP contribution in [0.3, 0.4) is 0 Å². The molecule has 0 aromatic rings. The Morgan fingerprint density at radius 3 is 0.418 bits per heavy atom. The Morgan fingerprint density at radius 1 is 0.164 bits per heavy atom. The fraction of sp³-hybridized carbons (Fsp3) is 0.0909. The number of hydrogen-bond acceptors (Lipinski definition) is 0. The molecule has 55 heavy (non-hydrogen) atoms. The van der Waals surface area contributed by atoms with Crippen LogP contribution in [-0.2, 0) is 32.1 Å². The van der Waals surface area contributed by atoms with E-state index in [1.807, 2.05) is 0 Å². The topological polar surface area (TPSA) is 0 Å². The van der Waals surface area contributed by atoms with Crippen LogP contribution in [0.5, 0.6) is 0 Å². The zero-order valence-corrected chi connectivity index (χ0v) is 30.9. The maximum atomic E-state index is 2.51. The number of rotatable bonds is 0. The van der Waals surface area contributed by atoms with Crippen LogP contribution in [0.1, 0.15) is 55.6 Å². The first-order valence-electron chi connectivity index (χ1n) is 19.7. The largest absolute Gasteiger partial charge is 0.0622 e. The van der Waals surface area contributed by atoms with Gasteiger partial charge in [0.05, 0.1) is 0 Å². The molecule has 0 heterocycles. The molecule has 0 N–H and O–H groups in total. The minimum atomic E-state index is 0.896. The first kappa shape index (κ1) is 32.0. The van der Waals surface area contributed by atoms with Crippen molar-refractivity contribution in [2.75, 3.05) is 0 Å². The molecule has 0 unspecified atom stereocenters. The summed E-state index contributed by atoms with van der Waals surface area (Å²) >= 11 is 0.